The van der Waals surface area contributed by atoms with Gasteiger partial charge >= 0.3 is 0 Å². The summed E-state index contributed by atoms with van der Waals surface area (Å²) in [5.41, 5.74) is 0. The van der Waals surface area contributed by atoms with Crippen LogP contribution in [0.5, 0.6) is 0 Å². The topological polar surface area (TPSA) is 90.9 Å². The second-order valence-electron chi connectivity index (χ2n) is 7.21. The van der Waals surface area contributed by atoms with Crippen molar-refractivity contribution in [1.82, 2.24) is 15.5 Å². The van der Waals surface area contributed by atoms with Gasteiger partial charge in [0.1, 0.15) is 16.4 Å². The van der Waals surface area contributed by atoms with Crippen LogP contribution in [0.1, 0.15) is 52.9 Å². The maximum atomic E-state index is 11.8. The van der Waals surface area contributed by atoms with Gasteiger partial charge in [0.05, 0.1) is 5.75 Å². The number of unbranched alkanes of at least 4 members (excludes halogenated alkanes) is 1. The van der Waals surface area contributed by atoms with Gasteiger partial charge in [-0.15, -0.1) is 24.0 Å². The van der Waals surface area contributed by atoms with E-state index in [1.54, 1.807) is 14.1 Å². The lowest BCUT2D eigenvalue weighted by Crippen LogP contribution is -2.45. The van der Waals surface area contributed by atoms with E-state index in [9.17, 15) is 13.2 Å². The van der Waals surface area contributed by atoms with Crippen molar-refractivity contribution >= 4 is 45.7 Å². The number of hydrogen-bond donors (Lipinski definition) is 2. The van der Waals surface area contributed by atoms with Crippen molar-refractivity contribution in [3.8, 4) is 0 Å². The van der Waals surface area contributed by atoms with Gasteiger partial charge in [0, 0.05) is 32.9 Å². The van der Waals surface area contributed by atoms with Crippen LogP contribution in [0.15, 0.2) is 4.99 Å². The highest BCUT2D eigenvalue weighted by Crippen LogP contribution is 2.11. The van der Waals surface area contributed by atoms with Gasteiger partial charge in [0.2, 0.25) is 5.91 Å². The summed E-state index contributed by atoms with van der Waals surface area (Å²) in [6.07, 6.45) is 6.35. The Hall–Kier alpha value is -0.580. The van der Waals surface area contributed by atoms with Crippen molar-refractivity contribution in [2.75, 3.05) is 39.2 Å². The van der Waals surface area contributed by atoms with E-state index in [0.717, 1.165) is 19.4 Å². The number of amides is 1. The molecular formula is C18H39IN4O3S. The Morgan fingerprint density at radius 1 is 1.19 bits per heavy atom. The lowest BCUT2D eigenvalue weighted by atomic mass is 9.99. The molecule has 2 N–H and O–H groups in total. The van der Waals surface area contributed by atoms with Gasteiger partial charge in [-0.2, -0.15) is 0 Å². The number of hydrogen-bond acceptors (Lipinski definition) is 4. The quantitative estimate of drug-likeness (QED) is 0.235. The lowest BCUT2D eigenvalue weighted by molar-refractivity contribution is -0.127. The molecule has 1 amide bonds. The SMILES string of the molecule is CCCCC(CC)CNC(=NCC(=O)N(C)C)NC(C)CCS(C)(=O)=O.I. The number of carbonyl (C=O) groups is 1. The van der Waals surface area contributed by atoms with Gasteiger partial charge in [0.25, 0.3) is 0 Å². The molecule has 0 aliphatic heterocycles. The molecule has 0 heterocycles. The van der Waals surface area contributed by atoms with Crippen LogP contribution in [0.4, 0.5) is 0 Å². The minimum absolute atomic E-state index is 0. The molecule has 27 heavy (non-hydrogen) atoms. The summed E-state index contributed by atoms with van der Waals surface area (Å²) < 4.78 is 22.7. The van der Waals surface area contributed by atoms with Gasteiger partial charge in [-0.1, -0.05) is 33.1 Å². The van der Waals surface area contributed by atoms with E-state index in [-0.39, 0.29) is 48.2 Å². The second-order valence-corrected chi connectivity index (χ2v) is 9.47. The largest absolute Gasteiger partial charge is 0.356 e. The average molecular weight is 519 g/mol. The van der Waals surface area contributed by atoms with E-state index < -0.39 is 9.84 Å². The van der Waals surface area contributed by atoms with Crippen LogP contribution < -0.4 is 10.6 Å². The Bertz CT molecular complexity index is 539. The molecule has 0 aromatic carbocycles. The number of likely N-dealkylation sites (N-methyl/N-ethyl adjacent to an activating group) is 1. The van der Waals surface area contributed by atoms with Crippen molar-refractivity contribution in [2.45, 2.75) is 58.9 Å². The third-order valence-electron chi connectivity index (χ3n) is 4.28. The summed E-state index contributed by atoms with van der Waals surface area (Å²) in [6, 6.07) is -0.0545. The Morgan fingerprint density at radius 3 is 2.30 bits per heavy atom. The van der Waals surface area contributed by atoms with Crippen molar-refractivity contribution in [3.05, 3.63) is 0 Å². The first-order valence-corrected chi connectivity index (χ1v) is 11.6. The lowest BCUT2D eigenvalue weighted by Gasteiger charge is -2.21. The third kappa shape index (κ3) is 16.1. The molecule has 2 atom stereocenters. The molecule has 9 heteroatoms. The summed E-state index contributed by atoms with van der Waals surface area (Å²) in [6.45, 7) is 7.14. The summed E-state index contributed by atoms with van der Waals surface area (Å²) in [5, 5.41) is 6.54. The number of sulfone groups is 1. The number of guanidine groups is 1. The molecule has 0 radical (unpaired) electrons. The first-order chi connectivity index (χ1) is 12.1. The fraction of sp³-hybridized carbons (Fsp3) is 0.889. The van der Waals surface area contributed by atoms with Crippen molar-refractivity contribution in [2.24, 2.45) is 10.9 Å². The normalized spacial score (nSPS) is 14.1. The molecule has 0 aromatic heterocycles. The predicted octanol–water partition coefficient (Wildman–Crippen LogP) is 2.27. The molecule has 2 unspecified atom stereocenters. The van der Waals surface area contributed by atoms with E-state index in [1.807, 2.05) is 6.92 Å². The molecule has 0 saturated heterocycles. The van der Waals surface area contributed by atoms with Gasteiger partial charge in [-0.05, 0) is 25.7 Å². The standard InChI is InChI=1S/C18H38N4O3S.HI/c1-7-9-10-16(8-2)13-19-18(20-14-17(23)22(4)5)21-15(3)11-12-26(6,24)25;/h15-16H,7-14H2,1-6H3,(H2,19,20,21);1H. The van der Waals surface area contributed by atoms with Gasteiger partial charge in [-0.3, -0.25) is 4.79 Å². The summed E-state index contributed by atoms with van der Waals surface area (Å²) >= 11 is 0. The minimum Gasteiger partial charge on any atom is -0.356 e. The van der Waals surface area contributed by atoms with Crippen LogP contribution in [-0.4, -0.2) is 70.4 Å². The molecule has 0 aliphatic carbocycles. The van der Waals surface area contributed by atoms with Crippen LogP contribution in [0.25, 0.3) is 0 Å². The van der Waals surface area contributed by atoms with E-state index in [4.69, 9.17) is 0 Å². The molecule has 0 aromatic rings. The third-order valence-corrected chi connectivity index (χ3v) is 5.25. The Morgan fingerprint density at radius 2 is 1.81 bits per heavy atom. The average Bonchev–Trinajstić information content (AvgIpc) is 2.56. The first-order valence-electron chi connectivity index (χ1n) is 9.51. The van der Waals surface area contributed by atoms with E-state index in [1.165, 1.54) is 24.0 Å². The maximum Gasteiger partial charge on any atom is 0.243 e. The summed E-state index contributed by atoms with van der Waals surface area (Å²) in [4.78, 5) is 17.7. The second kappa shape index (κ2) is 15.4. The molecular weight excluding hydrogens is 479 g/mol. The van der Waals surface area contributed by atoms with Crippen molar-refractivity contribution in [3.63, 3.8) is 0 Å². The van der Waals surface area contributed by atoms with E-state index in [0.29, 0.717) is 18.3 Å². The Balaban J connectivity index is 0. The molecule has 0 rings (SSSR count). The number of nitrogens with zero attached hydrogens (tertiary/aromatic N) is 2. The smallest absolute Gasteiger partial charge is 0.243 e. The number of carbonyl (C=O) groups excluding carboxylic acids is 1. The van der Waals surface area contributed by atoms with E-state index in [2.05, 4.69) is 29.5 Å². The molecule has 7 nitrogen and oxygen atoms in total. The molecule has 0 fully saturated rings. The zero-order valence-corrected chi connectivity index (χ0v) is 20.9. The monoisotopic (exact) mass is 518 g/mol. The van der Waals surface area contributed by atoms with Crippen LogP contribution in [0.3, 0.4) is 0 Å². The molecule has 0 bridgehead atoms. The molecule has 162 valence electrons. The number of aliphatic imine (C=N–C) groups is 1. The van der Waals surface area contributed by atoms with Crippen LogP contribution >= 0.6 is 24.0 Å². The fourth-order valence-corrected chi connectivity index (χ4v) is 3.10. The predicted molar refractivity (Wildman–Crippen MR) is 125 cm³/mol. The maximum absolute atomic E-state index is 11.8. The Kier molecular flexibility index (Phi) is 16.3. The van der Waals surface area contributed by atoms with Crippen molar-refractivity contribution in [1.29, 1.82) is 0 Å². The highest BCUT2D eigenvalue weighted by atomic mass is 127. The van der Waals surface area contributed by atoms with Gasteiger partial charge < -0.3 is 15.5 Å². The first kappa shape index (κ1) is 28.6. The number of rotatable bonds is 12. The van der Waals surface area contributed by atoms with Crippen LogP contribution in [0.2, 0.25) is 0 Å². The van der Waals surface area contributed by atoms with Gasteiger partial charge in [-0.25, -0.2) is 13.4 Å². The molecule has 0 aliphatic rings. The minimum atomic E-state index is -2.99. The number of halogens is 1. The summed E-state index contributed by atoms with van der Waals surface area (Å²) in [7, 11) is 0.406. The highest BCUT2D eigenvalue weighted by molar-refractivity contribution is 14.0. The van der Waals surface area contributed by atoms with Crippen molar-refractivity contribution < 1.29 is 13.2 Å². The molecule has 0 saturated carbocycles. The zero-order valence-electron chi connectivity index (χ0n) is 17.7. The van der Waals surface area contributed by atoms with Crippen LogP contribution in [0, 0.1) is 5.92 Å². The van der Waals surface area contributed by atoms with E-state index >= 15 is 0 Å². The zero-order chi connectivity index (χ0) is 20.2. The van der Waals surface area contributed by atoms with Gasteiger partial charge in [0.15, 0.2) is 5.96 Å². The highest BCUT2D eigenvalue weighted by Gasteiger charge is 2.12. The Labute approximate surface area is 183 Å². The fourth-order valence-electron chi connectivity index (χ4n) is 2.32. The van der Waals surface area contributed by atoms with Crippen LogP contribution in [-0.2, 0) is 14.6 Å². The summed E-state index contributed by atoms with van der Waals surface area (Å²) in [5.74, 6) is 1.17. The molecule has 0 spiro atoms. The number of nitrogens with one attached hydrogen (secondary N) is 2.